The molecule has 0 aromatic heterocycles. The fraction of sp³-hybridized carbons (Fsp3) is 1.00. The van der Waals surface area contributed by atoms with Crippen LogP contribution < -0.4 is 5.73 Å². The number of rotatable bonds is 6. The molecule has 3 nitrogen and oxygen atoms in total. The van der Waals surface area contributed by atoms with Crippen LogP contribution in [-0.2, 0) is 4.74 Å². The quantitative estimate of drug-likeness (QED) is 0.800. The first kappa shape index (κ1) is 13.8. The zero-order chi connectivity index (χ0) is 13.5. The number of nitrogens with zero attached hydrogens (tertiary/aromatic N) is 1. The van der Waals surface area contributed by atoms with Crippen LogP contribution in [0.3, 0.4) is 0 Å². The van der Waals surface area contributed by atoms with Gasteiger partial charge in [0.15, 0.2) is 0 Å². The average molecular weight is 266 g/mol. The van der Waals surface area contributed by atoms with Gasteiger partial charge in [0.05, 0.1) is 6.61 Å². The van der Waals surface area contributed by atoms with Crippen LogP contribution in [0.4, 0.5) is 0 Å². The Kier molecular flexibility index (Phi) is 3.89. The largest absolute Gasteiger partial charge is 0.383 e. The third-order valence-corrected chi connectivity index (χ3v) is 6.41. The maximum atomic E-state index is 6.35. The molecule has 0 atom stereocenters. The van der Waals surface area contributed by atoms with Crippen molar-refractivity contribution < 1.29 is 4.74 Å². The average Bonchev–Trinajstić information content (AvgIpc) is 2.41. The highest BCUT2D eigenvalue weighted by Gasteiger charge is 2.58. The van der Waals surface area contributed by atoms with Crippen molar-refractivity contribution in [1.29, 1.82) is 0 Å². The summed E-state index contributed by atoms with van der Waals surface area (Å²) in [7, 11) is 1.81. The van der Waals surface area contributed by atoms with Crippen molar-refractivity contribution in [2.45, 2.75) is 44.6 Å². The van der Waals surface area contributed by atoms with Crippen LogP contribution >= 0.6 is 0 Å². The second kappa shape index (κ2) is 5.34. The molecule has 0 aromatic rings. The molecule has 2 N–H and O–H groups in total. The first-order chi connectivity index (χ1) is 9.24. The van der Waals surface area contributed by atoms with E-state index in [1.807, 2.05) is 0 Å². The summed E-state index contributed by atoms with van der Waals surface area (Å²) in [5, 5.41) is 0. The summed E-state index contributed by atoms with van der Waals surface area (Å²) in [6.45, 7) is 6.13. The van der Waals surface area contributed by atoms with Gasteiger partial charge in [-0.15, -0.1) is 0 Å². The van der Waals surface area contributed by atoms with E-state index in [0.29, 0.717) is 5.54 Å². The van der Waals surface area contributed by atoms with Crippen molar-refractivity contribution in [1.82, 2.24) is 4.90 Å². The highest BCUT2D eigenvalue weighted by molar-refractivity contribution is 5.12. The van der Waals surface area contributed by atoms with Gasteiger partial charge in [0.2, 0.25) is 0 Å². The second-order valence-electron chi connectivity index (χ2n) is 7.07. The van der Waals surface area contributed by atoms with Crippen molar-refractivity contribution in [3.63, 3.8) is 0 Å². The zero-order valence-corrected chi connectivity index (χ0v) is 12.6. The normalized spacial score (nSPS) is 44.2. The molecule has 0 radical (unpaired) electrons. The van der Waals surface area contributed by atoms with Crippen LogP contribution in [0.15, 0.2) is 0 Å². The van der Waals surface area contributed by atoms with E-state index in [2.05, 4.69) is 11.8 Å². The molecule has 4 aliphatic rings. The molecule has 0 amide bonds. The van der Waals surface area contributed by atoms with Crippen LogP contribution in [0.2, 0.25) is 0 Å². The van der Waals surface area contributed by atoms with Gasteiger partial charge in [-0.05, 0) is 62.3 Å². The van der Waals surface area contributed by atoms with Gasteiger partial charge < -0.3 is 10.5 Å². The molecular weight excluding hydrogens is 236 g/mol. The van der Waals surface area contributed by atoms with Gasteiger partial charge in [-0.1, -0.05) is 6.92 Å². The molecule has 0 heterocycles. The Labute approximate surface area is 117 Å². The smallest absolute Gasteiger partial charge is 0.0589 e. The van der Waals surface area contributed by atoms with E-state index >= 15 is 0 Å². The minimum atomic E-state index is 0.292. The fourth-order valence-electron chi connectivity index (χ4n) is 5.84. The van der Waals surface area contributed by atoms with Crippen LogP contribution in [0.25, 0.3) is 0 Å². The number of hydrogen-bond acceptors (Lipinski definition) is 3. The Balaban J connectivity index is 1.85. The Bertz CT molecular complexity index is 290. The molecule has 3 heteroatoms. The zero-order valence-electron chi connectivity index (χ0n) is 12.6. The molecule has 4 aliphatic carbocycles. The van der Waals surface area contributed by atoms with E-state index in [-0.39, 0.29) is 0 Å². The van der Waals surface area contributed by atoms with Crippen LogP contribution in [0, 0.1) is 23.7 Å². The molecule has 0 aromatic carbocycles. The summed E-state index contributed by atoms with van der Waals surface area (Å²) in [5.41, 5.74) is 6.65. The predicted octanol–water partition coefficient (Wildman–Crippen LogP) is 2.11. The predicted molar refractivity (Wildman–Crippen MR) is 78.0 cm³/mol. The van der Waals surface area contributed by atoms with Crippen LogP contribution in [-0.4, -0.2) is 43.8 Å². The molecule has 4 rings (SSSR count). The number of likely N-dealkylation sites (N-methyl/N-ethyl adjacent to an activating group) is 1. The fourth-order valence-corrected chi connectivity index (χ4v) is 5.84. The highest BCUT2D eigenvalue weighted by atomic mass is 16.5. The van der Waals surface area contributed by atoms with Gasteiger partial charge in [0, 0.05) is 25.7 Å². The summed E-state index contributed by atoms with van der Waals surface area (Å²) in [6.07, 6.45) is 7.26. The summed E-state index contributed by atoms with van der Waals surface area (Å²) < 4.78 is 5.32. The van der Waals surface area contributed by atoms with Crippen molar-refractivity contribution in [2.75, 3.05) is 33.4 Å². The number of methoxy groups -OCH3 is 1. The summed E-state index contributed by atoms with van der Waals surface area (Å²) in [6, 6.07) is 0. The Morgan fingerprint density at radius 2 is 1.68 bits per heavy atom. The van der Waals surface area contributed by atoms with Gasteiger partial charge in [-0.2, -0.15) is 0 Å². The highest BCUT2D eigenvalue weighted by Crippen LogP contribution is 2.59. The van der Waals surface area contributed by atoms with E-state index < -0.39 is 0 Å². The summed E-state index contributed by atoms with van der Waals surface area (Å²) in [5.74, 6) is 3.74. The van der Waals surface area contributed by atoms with E-state index in [0.717, 1.165) is 49.9 Å². The molecule has 4 fully saturated rings. The lowest BCUT2D eigenvalue weighted by Crippen LogP contribution is -2.69. The molecule has 0 spiro atoms. The van der Waals surface area contributed by atoms with Crippen molar-refractivity contribution >= 4 is 0 Å². The van der Waals surface area contributed by atoms with Gasteiger partial charge in [-0.25, -0.2) is 0 Å². The minimum Gasteiger partial charge on any atom is -0.383 e. The third-order valence-electron chi connectivity index (χ3n) is 6.41. The summed E-state index contributed by atoms with van der Waals surface area (Å²) in [4.78, 5) is 2.67. The molecule has 0 unspecified atom stereocenters. The first-order valence-corrected chi connectivity index (χ1v) is 8.18. The number of hydrogen-bond donors (Lipinski definition) is 1. The van der Waals surface area contributed by atoms with E-state index in [1.165, 1.54) is 32.1 Å². The minimum absolute atomic E-state index is 0.292. The molecule has 110 valence electrons. The van der Waals surface area contributed by atoms with Crippen LogP contribution in [0.1, 0.15) is 39.0 Å². The molecule has 0 saturated heterocycles. The van der Waals surface area contributed by atoms with E-state index in [1.54, 1.807) is 7.11 Å². The third kappa shape index (κ3) is 2.05. The standard InChI is InChI=1S/C16H30N2O/c1-3-18(4-5-19-2)16(11-17)14-7-12-6-13(9-14)10-15(16)8-12/h12-15H,3-11,17H2,1-2H3. The van der Waals surface area contributed by atoms with E-state index in [9.17, 15) is 0 Å². The SMILES string of the molecule is CCN(CCOC)C1(CN)C2CC3CC(C2)CC1C3. The topological polar surface area (TPSA) is 38.5 Å². The van der Waals surface area contributed by atoms with Crippen molar-refractivity contribution in [3.8, 4) is 0 Å². The van der Waals surface area contributed by atoms with Crippen molar-refractivity contribution in [3.05, 3.63) is 0 Å². The Morgan fingerprint density at radius 3 is 2.11 bits per heavy atom. The monoisotopic (exact) mass is 266 g/mol. The first-order valence-electron chi connectivity index (χ1n) is 8.18. The Morgan fingerprint density at radius 1 is 1.11 bits per heavy atom. The van der Waals surface area contributed by atoms with Gasteiger partial charge in [0.1, 0.15) is 0 Å². The van der Waals surface area contributed by atoms with E-state index in [4.69, 9.17) is 10.5 Å². The molecule has 19 heavy (non-hydrogen) atoms. The van der Waals surface area contributed by atoms with Gasteiger partial charge in [-0.3, -0.25) is 4.90 Å². The van der Waals surface area contributed by atoms with Gasteiger partial charge >= 0.3 is 0 Å². The molecule has 4 bridgehead atoms. The maximum absolute atomic E-state index is 6.35. The molecule has 0 aliphatic heterocycles. The van der Waals surface area contributed by atoms with Crippen molar-refractivity contribution in [2.24, 2.45) is 29.4 Å². The van der Waals surface area contributed by atoms with Gasteiger partial charge in [0.25, 0.3) is 0 Å². The summed E-state index contributed by atoms with van der Waals surface area (Å²) >= 11 is 0. The number of nitrogens with two attached hydrogens (primary N) is 1. The molecule has 4 saturated carbocycles. The maximum Gasteiger partial charge on any atom is 0.0589 e. The molecular formula is C16H30N2O. The Hall–Kier alpha value is -0.120. The lowest BCUT2D eigenvalue weighted by Gasteiger charge is -2.64. The lowest BCUT2D eigenvalue weighted by molar-refractivity contribution is -0.133. The van der Waals surface area contributed by atoms with Crippen LogP contribution in [0.5, 0.6) is 0 Å². The second-order valence-corrected chi connectivity index (χ2v) is 7.07. The number of ether oxygens (including phenoxy) is 1. The lowest BCUT2D eigenvalue weighted by atomic mass is 9.48.